The van der Waals surface area contributed by atoms with Crippen molar-refractivity contribution in [2.75, 3.05) is 19.0 Å². The molecule has 0 aliphatic rings. The second kappa shape index (κ2) is 7.57. The maximum absolute atomic E-state index is 12.1. The molecule has 0 atom stereocenters. The van der Waals surface area contributed by atoms with Crippen molar-refractivity contribution < 1.29 is 9.53 Å². The average molecular weight is 321 g/mol. The number of hydrogen-bond acceptors (Lipinski definition) is 4. The zero-order chi connectivity index (χ0) is 16.8. The lowest BCUT2D eigenvalue weighted by Crippen LogP contribution is -2.27. The molecule has 0 radical (unpaired) electrons. The van der Waals surface area contributed by atoms with Crippen LogP contribution in [0, 0.1) is 0 Å². The number of ether oxygens (including phenoxy) is 1. The molecule has 0 saturated heterocycles. The average Bonchev–Trinajstić information content (AvgIpc) is 2.63. The molecule has 0 aliphatic carbocycles. The van der Waals surface area contributed by atoms with Gasteiger partial charge in [-0.2, -0.15) is 0 Å². The highest BCUT2D eigenvalue weighted by atomic mass is 16.5. The first kappa shape index (κ1) is 16.0. The molecule has 24 heavy (non-hydrogen) atoms. The second-order valence-electron chi connectivity index (χ2n) is 5.38. The minimum absolute atomic E-state index is 0.0957. The first-order valence-electron chi connectivity index (χ1n) is 7.73. The second-order valence-corrected chi connectivity index (χ2v) is 5.38. The molecular formula is C19H19N3O2. The van der Waals surface area contributed by atoms with Crippen LogP contribution in [0.4, 0.5) is 5.69 Å². The number of nitrogens with zero attached hydrogens (tertiary/aromatic N) is 1. The van der Waals surface area contributed by atoms with Crippen molar-refractivity contribution in [3.05, 3.63) is 66.4 Å². The summed E-state index contributed by atoms with van der Waals surface area (Å²) in [5.41, 5.74) is 2.61. The number of para-hydroxylation sites is 1. The Hall–Kier alpha value is -2.92. The van der Waals surface area contributed by atoms with Gasteiger partial charge < -0.3 is 15.4 Å². The molecule has 5 heteroatoms. The van der Waals surface area contributed by atoms with E-state index in [2.05, 4.69) is 15.6 Å². The monoisotopic (exact) mass is 321 g/mol. The number of amides is 1. The third kappa shape index (κ3) is 3.88. The van der Waals surface area contributed by atoms with Crippen molar-refractivity contribution in [3.8, 4) is 5.75 Å². The van der Waals surface area contributed by atoms with E-state index in [1.165, 1.54) is 0 Å². The van der Waals surface area contributed by atoms with Gasteiger partial charge in [0, 0.05) is 18.1 Å². The Morgan fingerprint density at radius 3 is 2.67 bits per heavy atom. The Bertz CT molecular complexity index is 826. The third-order valence-corrected chi connectivity index (χ3v) is 3.68. The summed E-state index contributed by atoms with van der Waals surface area (Å²) < 4.78 is 5.12. The predicted octanol–water partition coefficient (Wildman–Crippen LogP) is 2.97. The molecular weight excluding hydrogens is 302 g/mol. The third-order valence-electron chi connectivity index (χ3n) is 3.68. The van der Waals surface area contributed by atoms with Crippen LogP contribution in [0.3, 0.4) is 0 Å². The number of anilines is 1. The van der Waals surface area contributed by atoms with Crippen molar-refractivity contribution >= 4 is 22.5 Å². The van der Waals surface area contributed by atoms with E-state index in [-0.39, 0.29) is 12.5 Å². The summed E-state index contributed by atoms with van der Waals surface area (Å²) in [4.78, 5) is 16.5. The maximum Gasteiger partial charge on any atom is 0.238 e. The number of rotatable bonds is 6. The summed E-state index contributed by atoms with van der Waals surface area (Å²) in [6.45, 7) is 0.848. The Labute approximate surface area is 140 Å². The van der Waals surface area contributed by atoms with Crippen LogP contribution in [-0.4, -0.2) is 24.5 Å². The molecule has 122 valence electrons. The quantitative estimate of drug-likeness (QED) is 0.733. The number of methoxy groups -OCH3 is 1. The lowest BCUT2D eigenvalue weighted by molar-refractivity contribution is -0.115. The van der Waals surface area contributed by atoms with Crippen LogP contribution in [0.15, 0.2) is 60.8 Å². The van der Waals surface area contributed by atoms with E-state index >= 15 is 0 Å². The van der Waals surface area contributed by atoms with Crippen LogP contribution in [0.1, 0.15) is 5.56 Å². The van der Waals surface area contributed by atoms with E-state index < -0.39 is 0 Å². The molecule has 5 nitrogen and oxygen atoms in total. The maximum atomic E-state index is 12.1. The summed E-state index contributed by atoms with van der Waals surface area (Å²) in [7, 11) is 1.64. The van der Waals surface area contributed by atoms with E-state index in [1.807, 2.05) is 54.6 Å². The fraction of sp³-hybridized carbons (Fsp3) is 0.158. The molecule has 3 rings (SSSR count). The molecule has 1 heterocycles. The van der Waals surface area contributed by atoms with Gasteiger partial charge in [-0.3, -0.25) is 9.78 Å². The standard InChI is InChI=1S/C19H19N3O2/c1-24-16-9-7-14(8-10-16)12-20-13-18(23)22-17-6-2-4-15-5-3-11-21-19(15)17/h2-11,20H,12-13H2,1H3,(H,22,23). The number of aromatic nitrogens is 1. The smallest absolute Gasteiger partial charge is 0.238 e. The van der Waals surface area contributed by atoms with Gasteiger partial charge in [0.1, 0.15) is 5.75 Å². The minimum Gasteiger partial charge on any atom is -0.497 e. The van der Waals surface area contributed by atoms with Crippen molar-refractivity contribution in [1.82, 2.24) is 10.3 Å². The highest BCUT2D eigenvalue weighted by Crippen LogP contribution is 2.20. The molecule has 3 aromatic rings. The number of nitrogens with one attached hydrogen (secondary N) is 2. The zero-order valence-corrected chi connectivity index (χ0v) is 13.5. The predicted molar refractivity (Wildman–Crippen MR) is 95.1 cm³/mol. The van der Waals surface area contributed by atoms with Gasteiger partial charge >= 0.3 is 0 Å². The van der Waals surface area contributed by atoms with Crippen molar-refractivity contribution in [1.29, 1.82) is 0 Å². The molecule has 2 aromatic carbocycles. The molecule has 0 unspecified atom stereocenters. The van der Waals surface area contributed by atoms with Crippen LogP contribution in [-0.2, 0) is 11.3 Å². The number of carbonyl (C=O) groups excluding carboxylic acids is 1. The fourth-order valence-electron chi connectivity index (χ4n) is 2.46. The van der Waals surface area contributed by atoms with Gasteiger partial charge in [-0.25, -0.2) is 0 Å². The van der Waals surface area contributed by atoms with Gasteiger partial charge in [-0.1, -0.05) is 30.3 Å². The minimum atomic E-state index is -0.0957. The normalized spacial score (nSPS) is 10.5. The van der Waals surface area contributed by atoms with E-state index in [9.17, 15) is 4.79 Å². The summed E-state index contributed by atoms with van der Waals surface area (Å²) in [5, 5.41) is 7.04. The highest BCUT2D eigenvalue weighted by molar-refractivity contribution is 6.00. The molecule has 2 N–H and O–H groups in total. The number of pyridine rings is 1. The van der Waals surface area contributed by atoms with Crippen LogP contribution in [0.25, 0.3) is 10.9 Å². The molecule has 0 fully saturated rings. The Morgan fingerprint density at radius 2 is 1.88 bits per heavy atom. The summed E-state index contributed by atoms with van der Waals surface area (Å²) >= 11 is 0. The van der Waals surface area contributed by atoms with Crippen molar-refractivity contribution in [2.45, 2.75) is 6.54 Å². The SMILES string of the molecule is COc1ccc(CNCC(=O)Nc2cccc3cccnc23)cc1. The molecule has 0 saturated carbocycles. The van der Waals surface area contributed by atoms with E-state index in [0.717, 1.165) is 27.9 Å². The first-order chi connectivity index (χ1) is 11.8. The van der Waals surface area contributed by atoms with E-state index in [1.54, 1.807) is 13.3 Å². The lowest BCUT2D eigenvalue weighted by Gasteiger charge is -2.09. The van der Waals surface area contributed by atoms with Gasteiger partial charge in [-0.15, -0.1) is 0 Å². The van der Waals surface area contributed by atoms with Crippen molar-refractivity contribution in [2.24, 2.45) is 0 Å². The highest BCUT2D eigenvalue weighted by Gasteiger charge is 2.06. The van der Waals surface area contributed by atoms with Gasteiger partial charge in [0.15, 0.2) is 0 Å². The Kier molecular flexibility index (Phi) is 5.03. The van der Waals surface area contributed by atoms with Crippen molar-refractivity contribution in [3.63, 3.8) is 0 Å². The van der Waals surface area contributed by atoms with Crippen LogP contribution < -0.4 is 15.4 Å². The van der Waals surface area contributed by atoms with Gasteiger partial charge in [-0.05, 0) is 29.8 Å². The van der Waals surface area contributed by atoms with E-state index in [0.29, 0.717) is 6.54 Å². The van der Waals surface area contributed by atoms with Crippen LogP contribution >= 0.6 is 0 Å². The Morgan fingerprint density at radius 1 is 1.08 bits per heavy atom. The topological polar surface area (TPSA) is 63.2 Å². The number of hydrogen-bond donors (Lipinski definition) is 2. The number of fused-ring (bicyclic) bond motifs is 1. The Balaban J connectivity index is 1.55. The largest absolute Gasteiger partial charge is 0.497 e. The number of benzene rings is 2. The zero-order valence-electron chi connectivity index (χ0n) is 13.5. The molecule has 0 aliphatic heterocycles. The summed E-state index contributed by atoms with van der Waals surface area (Å²) in [6, 6.07) is 17.3. The first-order valence-corrected chi connectivity index (χ1v) is 7.73. The molecule has 0 spiro atoms. The summed E-state index contributed by atoms with van der Waals surface area (Å²) in [6.07, 6.45) is 1.72. The lowest BCUT2D eigenvalue weighted by atomic mass is 10.2. The molecule has 1 aromatic heterocycles. The van der Waals surface area contributed by atoms with Gasteiger partial charge in [0.05, 0.1) is 24.9 Å². The number of carbonyl (C=O) groups is 1. The summed E-state index contributed by atoms with van der Waals surface area (Å²) in [5.74, 6) is 0.724. The van der Waals surface area contributed by atoms with E-state index in [4.69, 9.17) is 4.74 Å². The van der Waals surface area contributed by atoms with Crippen LogP contribution in [0.5, 0.6) is 5.75 Å². The van der Waals surface area contributed by atoms with Crippen LogP contribution in [0.2, 0.25) is 0 Å². The van der Waals surface area contributed by atoms with Gasteiger partial charge in [0.25, 0.3) is 0 Å². The van der Waals surface area contributed by atoms with Gasteiger partial charge in [0.2, 0.25) is 5.91 Å². The molecule has 1 amide bonds. The fourth-order valence-corrected chi connectivity index (χ4v) is 2.46. The molecule has 0 bridgehead atoms.